The third kappa shape index (κ3) is 4.21. The number of nitrogens with one attached hydrogen (secondary N) is 1. The lowest BCUT2D eigenvalue weighted by Crippen LogP contribution is -2.30. The Morgan fingerprint density at radius 2 is 1.66 bits per heavy atom. The molecule has 0 aliphatic heterocycles. The van der Waals surface area contributed by atoms with Gasteiger partial charge >= 0.3 is 0 Å². The van der Waals surface area contributed by atoms with Crippen LogP contribution in [0.4, 0.5) is 0 Å². The first-order valence-electron chi connectivity index (χ1n) is 9.95. The van der Waals surface area contributed by atoms with Crippen molar-refractivity contribution in [1.29, 1.82) is 0 Å². The van der Waals surface area contributed by atoms with E-state index in [0.29, 0.717) is 6.42 Å². The zero-order chi connectivity index (χ0) is 20.2. The van der Waals surface area contributed by atoms with Gasteiger partial charge in [-0.3, -0.25) is 4.79 Å². The zero-order valence-corrected chi connectivity index (χ0v) is 16.8. The quantitative estimate of drug-likeness (QED) is 0.519. The number of imidazole rings is 1. The van der Waals surface area contributed by atoms with E-state index in [-0.39, 0.29) is 11.9 Å². The van der Waals surface area contributed by atoms with Crippen LogP contribution in [0.2, 0.25) is 0 Å². The lowest BCUT2D eigenvalue weighted by molar-refractivity contribution is -0.121. The van der Waals surface area contributed by atoms with Crippen LogP contribution in [-0.2, 0) is 17.8 Å². The number of fused-ring (bicyclic) bond motifs is 1. The predicted octanol–water partition coefficient (Wildman–Crippen LogP) is 4.81. The van der Waals surface area contributed by atoms with Crippen LogP contribution in [0.1, 0.15) is 35.5 Å². The van der Waals surface area contributed by atoms with Crippen LogP contribution in [0.5, 0.6) is 0 Å². The van der Waals surface area contributed by atoms with E-state index in [2.05, 4.69) is 47.1 Å². The summed E-state index contributed by atoms with van der Waals surface area (Å²) in [6.07, 6.45) is 0.364. The minimum Gasteiger partial charge on any atom is -0.346 e. The second kappa shape index (κ2) is 8.31. The summed E-state index contributed by atoms with van der Waals surface area (Å²) in [7, 11) is 0. The Hall–Kier alpha value is -3.40. The lowest BCUT2D eigenvalue weighted by Gasteiger charge is -2.17. The minimum absolute atomic E-state index is 0.00167. The number of aromatic nitrogens is 2. The first kappa shape index (κ1) is 18.9. The average Bonchev–Trinajstić information content (AvgIpc) is 3.09. The molecule has 4 rings (SSSR count). The van der Waals surface area contributed by atoms with Crippen LogP contribution in [0.3, 0.4) is 0 Å². The molecule has 1 atom stereocenters. The molecule has 0 unspecified atom stereocenters. The topological polar surface area (TPSA) is 46.9 Å². The smallest absolute Gasteiger partial charge is 0.224 e. The summed E-state index contributed by atoms with van der Waals surface area (Å²) in [6.45, 7) is 4.85. The standard InChI is InChI=1S/C25H25N3O/c1-18-10-6-7-13-21(18)17-28-23-15-9-8-14-22(23)27-25(28)19(2)26-24(29)16-20-11-4-3-5-12-20/h3-15,19H,16-17H2,1-2H3,(H,26,29)/t19-/m0/s1. The Morgan fingerprint density at radius 1 is 0.966 bits per heavy atom. The van der Waals surface area contributed by atoms with E-state index in [0.717, 1.165) is 29.0 Å². The third-order valence-corrected chi connectivity index (χ3v) is 5.25. The van der Waals surface area contributed by atoms with Crippen LogP contribution in [0.15, 0.2) is 78.9 Å². The van der Waals surface area contributed by atoms with E-state index >= 15 is 0 Å². The average molecular weight is 383 g/mol. The van der Waals surface area contributed by atoms with Gasteiger partial charge in [0.2, 0.25) is 5.91 Å². The number of benzene rings is 3. The number of para-hydroxylation sites is 2. The fourth-order valence-corrected chi connectivity index (χ4v) is 3.69. The van der Waals surface area contributed by atoms with Gasteiger partial charge in [0.1, 0.15) is 5.82 Å². The Labute approximate surface area is 171 Å². The monoisotopic (exact) mass is 383 g/mol. The molecule has 4 heteroatoms. The first-order chi connectivity index (χ1) is 14.1. The van der Waals surface area contributed by atoms with Gasteiger partial charge in [-0.05, 0) is 42.7 Å². The van der Waals surface area contributed by atoms with Crippen molar-refractivity contribution in [3.63, 3.8) is 0 Å². The molecular formula is C25H25N3O. The van der Waals surface area contributed by atoms with Crippen molar-refractivity contribution in [1.82, 2.24) is 14.9 Å². The van der Waals surface area contributed by atoms with Crippen molar-refractivity contribution in [3.8, 4) is 0 Å². The van der Waals surface area contributed by atoms with Crippen molar-refractivity contribution >= 4 is 16.9 Å². The summed E-state index contributed by atoms with van der Waals surface area (Å²) in [5, 5.41) is 3.12. The molecule has 1 heterocycles. The second-order valence-electron chi connectivity index (χ2n) is 7.42. The molecule has 1 N–H and O–H groups in total. The highest BCUT2D eigenvalue weighted by atomic mass is 16.1. The Balaban J connectivity index is 1.62. The van der Waals surface area contributed by atoms with Gasteiger partial charge in [0.15, 0.2) is 0 Å². The van der Waals surface area contributed by atoms with E-state index in [1.54, 1.807) is 0 Å². The van der Waals surface area contributed by atoms with Gasteiger partial charge in [-0.1, -0.05) is 66.7 Å². The van der Waals surface area contributed by atoms with Crippen molar-refractivity contribution in [2.24, 2.45) is 0 Å². The molecule has 1 aromatic heterocycles. The number of rotatable bonds is 6. The predicted molar refractivity (Wildman–Crippen MR) is 117 cm³/mol. The van der Waals surface area contributed by atoms with E-state index in [9.17, 15) is 4.79 Å². The highest BCUT2D eigenvalue weighted by molar-refractivity contribution is 5.79. The van der Waals surface area contributed by atoms with Crippen molar-refractivity contribution in [3.05, 3.63) is 101 Å². The highest BCUT2D eigenvalue weighted by Gasteiger charge is 2.19. The van der Waals surface area contributed by atoms with E-state index in [1.165, 1.54) is 11.1 Å². The molecule has 0 spiro atoms. The van der Waals surface area contributed by atoms with E-state index in [1.807, 2.05) is 55.5 Å². The van der Waals surface area contributed by atoms with E-state index in [4.69, 9.17) is 4.98 Å². The van der Waals surface area contributed by atoms with Gasteiger partial charge in [0, 0.05) is 6.54 Å². The molecule has 146 valence electrons. The molecule has 0 bridgehead atoms. The molecule has 0 saturated heterocycles. The molecule has 0 fully saturated rings. The maximum absolute atomic E-state index is 12.6. The van der Waals surface area contributed by atoms with Crippen LogP contribution in [0, 0.1) is 6.92 Å². The van der Waals surface area contributed by atoms with Crippen molar-refractivity contribution in [2.45, 2.75) is 32.9 Å². The Morgan fingerprint density at radius 3 is 2.45 bits per heavy atom. The second-order valence-corrected chi connectivity index (χ2v) is 7.42. The van der Waals surface area contributed by atoms with Crippen LogP contribution in [-0.4, -0.2) is 15.5 Å². The molecule has 1 amide bonds. The SMILES string of the molecule is Cc1ccccc1Cn1c([C@H](C)NC(=O)Cc2ccccc2)nc2ccccc21. The molecule has 4 nitrogen and oxygen atoms in total. The molecule has 29 heavy (non-hydrogen) atoms. The fourth-order valence-electron chi connectivity index (χ4n) is 3.69. The summed E-state index contributed by atoms with van der Waals surface area (Å²) in [5.74, 6) is 0.870. The number of hydrogen-bond acceptors (Lipinski definition) is 2. The minimum atomic E-state index is -0.192. The number of carbonyl (C=O) groups is 1. The zero-order valence-electron chi connectivity index (χ0n) is 16.8. The Kier molecular flexibility index (Phi) is 5.43. The van der Waals surface area contributed by atoms with Gasteiger partial charge in [0.05, 0.1) is 23.5 Å². The van der Waals surface area contributed by atoms with Crippen molar-refractivity contribution < 1.29 is 4.79 Å². The maximum Gasteiger partial charge on any atom is 0.224 e. The van der Waals surface area contributed by atoms with Gasteiger partial charge in [-0.25, -0.2) is 4.98 Å². The fraction of sp³-hybridized carbons (Fsp3) is 0.200. The largest absolute Gasteiger partial charge is 0.346 e. The van der Waals surface area contributed by atoms with Crippen LogP contribution >= 0.6 is 0 Å². The highest BCUT2D eigenvalue weighted by Crippen LogP contribution is 2.23. The molecule has 0 radical (unpaired) electrons. The van der Waals surface area contributed by atoms with Crippen molar-refractivity contribution in [2.75, 3.05) is 0 Å². The summed E-state index contributed by atoms with van der Waals surface area (Å²) >= 11 is 0. The number of amides is 1. The molecule has 0 saturated carbocycles. The molecule has 4 aromatic rings. The molecule has 3 aromatic carbocycles. The number of nitrogens with zero attached hydrogens (tertiary/aromatic N) is 2. The number of aryl methyl sites for hydroxylation is 1. The number of hydrogen-bond donors (Lipinski definition) is 1. The van der Waals surface area contributed by atoms with E-state index < -0.39 is 0 Å². The first-order valence-corrected chi connectivity index (χ1v) is 9.95. The lowest BCUT2D eigenvalue weighted by atomic mass is 10.1. The molecular weight excluding hydrogens is 358 g/mol. The van der Waals surface area contributed by atoms with Crippen LogP contribution in [0.25, 0.3) is 11.0 Å². The summed E-state index contributed by atoms with van der Waals surface area (Å²) < 4.78 is 2.21. The normalized spacial score (nSPS) is 12.1. The Bertz CT molecular complexity index is 1130. The summed E-state index contributed by atoms with van der Waals surface area (Å²) in [6, 6.07) is 26.1. The van der Waals surface area contributed by atoms with Gasteiger partial charge in [-0.15, -0.1) is 0 Å². The number of carbonyl (C=O) groups excluding carboxylic acids is 1. The summed E-state index contributed by atoms with van der Waals surface area (Å²) in [4.78, 5) is 17.4. The van der Waals surface area contributed by atoms with Gasteiger partial charge < -0.3 is 9.88 Å². The van der Waals surface area contributed by atoms with Gasteiger partial charge in [0.25, 0.3) is 0 Å². The van der Waals surface area contributed by atoms with Gasteiger partial charge in [-0.2, -0.15) is 0 Å². The summed E-state index contributed by atoms with van der Waals surface area (Å²) in [5.41, 5.74) is 5.53. The third-order valence-electron chi connectivity index (χ3n) is 5.25. The molecule has 0 aliphatic rings. The van der Waals surface area contributed by atoms with Crippen LogP contribution < -0.4 is 5.32 Å². The molecule has 0 aliphatic carbocycles. The maximum atomic E-state index is 12.6.